The normalized spacial score (nSPS) is 10.6. The average Bonchev–Trinajstić information content (AvgIpc) is 2.92. The molecule has 0 aliphatic rings. The summed E-state index contributed by atoms with van der Waals surface area (Å²) in [5, 5.41) is 14.0. The Labute approximate surface area is 124 Å². The van der Waals surface area contributed by atoms with Crippen molar-refractivity contribution in [3.63, 3.8) is 0 Å². The Bertz CT molecular complexity index is 885. The number of anilines is 1. The second-order valence-corrected chi connectivity index (χ2v) is 4.72. The number of fused-ring (bicyclic) bond motifs is 1. The minimum absolute atomic E-state index is 0.00250. The zero-order valence-electron chi connectivity index (χ0n) is 11.6. The summed E-state index contributed by atoms with van der Waals surface area (Å²) in [5.74, 6) is 0.184. The van der Waals surface area contributed by atoms with Crippen LogP contribution in [0.1, 0.15) is 16.1 Å². The van der Waals surface area contributed by atoms with Gasteiger partial charge in [0.1, 0.15) is 5.82 Å². The lowest BCUT2D eigenvalue weighted by Gasteiger charge is -2.04. The molecule has 0 saturated carbocycles. The third-order valence-electron chi connectivity index (χ3n) is 3.19. The molecule has 0 radical (unpaired) electrons. The van der Waals surface area contributed by atoms with Gasteiger partial charge in [0.2, 0.25) is 0 Å². The summed E-state index contributed by atoms with van der Waals surface area (Å²) in [4.78, 5) is 26.6. The maximum absolute atomic E-state index is 12.0. The molecule has 0 saturated heterocycles. The van der Waals surface area contributed by atoms with Gasteiger partial charge >= 0.3 is 0 Å². The van der Waals surface area contributed by atoms with E-state index in [-0.39, 0.29) is 11.4 Å². The van der Waals surface area contributed by atoms with Crippen LogP contribution in [-0.2, 0) is 0 Å². The van der Waals surface area contributed by atoms with E-state index in [1.54, 1.807) is 31.2 Å². The number of nitro groups is 1. The number of hydrogen-bond acceptors (Lipinski definition) is 5. The van der Waals surface area contributed by atoms with Crippen LogP contribution >= 0.6 is 0 Å². The van der Waals surface area contributed by atoms with Crippen molar-refractivity contribution >= 4 is 28.3 Å². The molecule has 0 aliphatic carbocycles. The number of carbonyl (C=O) groups is 1. The Kier molecular flexibility index (Phi) is 3.30. The minimum atomic E-state index is -0.463. The van der Waals surface area contributed by atoms with E-state index in [4.69, 9.17) is 4.42 Å². The standard InChI is InChI=1S/C15H11N3O4/c1-9-6-7-22-14(9)15(19)17-13-5-2-10-8-11(18(20)21)3-4-12(10)16-13/h2-8H,1H3,(H,16,17,19). The summed E-state index contributed by atoms with van der Waals surface area (Å²) in [7, 11) is 0. The number of carbonyl (C=O) groups excluding carboxylic acids is 1. The first-order chi connectivity index (χ1) is 10.5. The fraction of sp³-hybridized carbons (Fsp3) is 0.0667. The fourth-order valence-electron chi connectivity index (χ4n) is 2.07. The molecular formula is C15H11N3O4. The summed E-state index contributed by atoms with van der Waals surface area (Å²) < 4.78 is 5.11. The monoisotopic (exact) mass is 297 g/mol. The van der Waals surface area contributed by atoms with Gasteiger partial charge in [-0.2, -0.15) is 0 Å². The molecule has 3 rings (SSSR count). The maximum Gasteiger partial charge on any atom is 0.292 e. The lowest BCUT2D eigenvalue weighted by atomic mass is 10.2. The minimum Gasteiger partial charge on any atom is -0.459 e. The predicted molar refractivity (Wildman–Crippen MR) is 79.8 cm³/mol. The summed E-state index contributed by atoms with van der Waals surface area (Å²) >= 11 is 0. The van der Waals surface area contributed by atoms with Crippen LogP contribution in [0.5, 0.6) is 0 Å². The van der Waals surface area contributed by atoms with E-state index in [1.807, 2.05) is 0 Å². The number of benzene rings is 1. The molecule has 0 fully saturated rings. The van der Waals surface area contributed by atoms with Crippen molar-refractivity contribution in [1.29, 1.82) is 0 Å². The maximum atomic E-state index is 12.0. The number of pyridine rings is 1. The largest absolute Gasteiger partial charge is 0.459 e. The van der Waals surface area contributed by atoms with Crippen molar-refractivity contribution in [2.45, 2.75) is 6.92 Å². The van der Waals surface area contributed by atoms with Crippen LogP contribution < -0.4 is 5.32 Å². The smallest absolute Gasteiger partial charge is 0.292 e. The quantitative estimate of drug-likeness (QED) is 0.590. The van der Waals surface area contributed by atoms with Crippen LogP contribution in [0.15, 0.2) is 47.1 Å². The van der Waals surface area contributed by atoms with E-state index < -0.39 is 10.8 Å². The summed E-state index contributed by atoms with van der Waals surface area (Å²) in [6, 6.07) is 9.30. The number of rotatable bonds is 3. The highest BCUT2D eigenvalue weighted by Crippen LogP contribution is 2.21. The number of hydrogen-bond donors (Lipinski definition) is 1. The SMILES string of the molecule is Cc1ccoc1C(=O)Nc1ccc2cc([N+](=O)[O-])ccc2n1. The van der Waals surface area contributed by atoms with Crippen molar-refractivity contribution in [2.24, 2.45) is 0 Å². The molecule has 0 aliphatic heterocycles. The zero-order valence-corrected chi connectivity index (χ0v) is 11.6. The van der Waals surface area contributed by atoms with Gasteiger partial charge in [-0.05, 0) is 31.2 Å². The molecule has 1 aromatic carbocycles. The van der Waals surface area contributed by atoms with Gasteiger partial charge in [0, 0.05) is 23.1 Å². The van der Waals surface area contributed by atoms with E-state index in [0.29, 0.717) is 16.7 Å². The van der Waals surface area contributed by atoms with Gasteiger partial charge in [0.25, 0.3) is 11.6 Å². The summed E-state index contributed by atoms with van der Waals surface area (Å²) in [6.07, 6.45) is 1.44. The predicted octanol–water partition coefficient (Wildman–Crippen LogP) is 3.30. The second-order valence-electron chi connectivity index (χ2n) is 4.72. The highest BCUT2D eigenvalue weighted by Gasteiger charge is 2.14. The Morgan fingerprint density at radius 2 is 2.09 bits per heavy atom. The average molecular weight is 297 g/mol. The number of nitrogens with one attached hydrogen (secondary N) is 1. The molecule has 7 nitrogen and oxygen atoms in total. The Hall–Kier alpha value is -3.22. The lowest BCUT2D eigenvalue weighted by molar-refractivity contribution is -0.384. The molecule has 0 atom stereocenters. The molecule has 7 heteroatoms. The highest BCUT2D eigenvalue weighted by atomic mass is 16.6. The third-order valence-corrected chi connectivity index (χ3v) is 3.19. The molecule has 3 aromatic rings. The zero-order chi connectivity index (χ0) is 15.7. The van der Waals surface area contributed by atoms with Gasteiger partial charge < -0.3 is 9.73 Å². The Morgan fingerprint density at radius 1 is 1.27 bits per heavy atom. The number of non-ortho nitro benzene ring substituents is 1. The number of nitro benzene ring substituents is 1. The van der Waals surface area contributed by atoms with Crippen molar-refractivity contribution in [3.8, 4) is 0 Å². The van der Waals surface area contributed by atoms with Gasteiger partial charge in [0.05, 0.1) is 16.7 Å². The van der Waals surface area contributed by atoms with Gasteiger partial charge in [-0.1, -0.05) is 0 Å². The van der Waals surface area contributed by atoms with Gasteiger partial charge in [-0.15, -0.1) is 0 Å². The van der Waals surface area contributed by atoms with Crippen molar-refractivity contribution in [1.82, 2.24) is 4.98 Å². The van der Waals surface area contributed by atoms with E-state index >= 15 is 0 Å². The number of aryl methyl sites for hydroxylation is 1. The fourth-order valence-corrected chi connectivity index (χ4v) is 2.07. The van der Waals surface area contributed by atoms with E-state index in [1.165, 1.54) is 18.4 Å². The third kappa shape index (κ3) is 2.51. The molecule has 0 bridgehead atoms. The van der Waals surface area contributed by atoms with E-state index in [0.717, 1.165) is 5.56 Å². The molecule has 1 amide bonds. The van der Waals surface area contributed by atoms with Gasteiger partial charge in [-0.3, -0.25) is 14.9 Å². The molecular weight excluding hydrogens is 286 g/mol. The first-order valence-corrected chi connectivity index (χ1v) is 6.45. The summed E-state index contributed by atoms with van der Waals surface area (Å²) in [5.41, 5.74) is 1.28. The number of aromatic nitrogens is 1. The molecule has 0 unspecified atom stereocenters. The molecule has 110 valence electrons. The van der Waals surface area contributed by atoms with Crippen molar-refractivity contribution in [3.05, 3.63) is 64.1 Å². The van der Waals surface area contributed by atoms with E-state index in [2.05, 4.69) is 10.3 Å². The summed E-state index contributed by atoms with van der Waals surface area (Å²) in [6.45, 7) is 1.77. The molecule has 2 aromatic heterocycles. The molecule has 22 heavy (non-hydrogen) atoms. The van der Waals surface area contributed by atoms with Crippen molar-refractivity contribution < 1.29 is 14.1 Å². The van der Waals surface area contributed by atoms with Crippen molar-refractivity contribution in [2.75, 3.05) is 5.32 Å². The number of amides is 1. The topological polar surface area (TPSA) is 98.3 Å². The lowest BCUT2D eigenvalue weighted by Crippen LogP contribution is -2.13. The van der Waals surface area contributed by atoms with Gasteiger partial charge in [-0.25, -0.2) is 4.98 Å². The van der Waals surface area contributed by atoms with Crippen LogP contribution in [0.4, 0.5) is 11.5 Å². The molecule has 0 spiro atoms. The molecule has 1 N–H and O–H groups in total. The van der Waals surface area contributed by atoms with Crippen LogP contribution in [0.3, 0.4) is 0 Å². The van der Waals surface area contributed by atoms with Crippen LogP contribution in [-0.4, -0.2) is 15.8 Å². The first-order valence-electron chi connectivity index (χ1n) is 6.45. The molecule has 2 heterocycles. The van der Waals surface area contributed by atoms with Crippen LogP contribution in [0.25, 0.3) is 10.9 Å². The second kappa shape index (κ2) is 5.28. The van der Waals surface area contributed by atoms with Crippen LogP contribution in [0.2, 0.25) is 0 Å². The van der Waals surface area contributed by atoms with Gasteiger partial charge in [0.15, 0.2) is 5.76 Å². The Balaban J connectivity index is 1.89. The van der Waals surface area contributed by atoms with E-state index in [9.17, 15) is 14.9 Å². The Morgan fingerprint density at radius 3 is 2.77 bits per heavy atom. The number of furan rings is 1. The first kappa shape index (κ1) is 13.7. The number of nitrogens with zero attached hydrogens (tertiary/aromatic N) is 2. The van der Waals surface area contributed by atoms with Crippen LogP contribution in [0, 0.1) is 17.0 Å². The highest BCUT2D eigenvalue weighted by molar-refractivity contribution is 6.03.